The van der Waals surface area contributed by atoms with Crippen molar-refractivity contribution in [2.45, 2.75) is 45.8 Å². The van der Waals surface area contributed by atoms with E-state index in [1.165, 1.54) is 6.20 Å². The van der Waals surface area contributed by atoms with E-state index in [0.29, 0.717) is 36.6 Å². The van der Waals surface area contributed by atoms with E-state index in [1.54, 1.807) is 4.90 Å². The van der Waals surface area contributed by atoms with Crippen LogP contribution in [0, 0.1) is 5.92 Å². The number of rotatable bonds is 6. The highest BCUT2D eigenvalue weighted by molar-refractivity contribution is 5.98. The minimum Gasteiger partial charge on any atom is -0.444 e. The minimum atomic E-state index is -0.546. The molecule has 37 heavy (non-hydrogen) atoms. The summed E-state index contributed by atoms with van der Waals surface area (Å²) in [4.78, 5) is 33.0. The molecular formula is C27H38N6O4. The lowest BCUT2D eigenvalue weighted by Crippen LogP contribution is -2.49. The van der Waals surface area contributed by atoms with Gasteiger partial charge in [0, 0.05) is 55.9 Å². The number of pyridine rings is 1. The van der Waals surface area contributed by atoms with Crippen LogP contribution >= 0.6 is 0 Å². The molecule has 1 aromatic carbocycles. The Morgan fingerprint density at radius 3 is 2.46 bits per heavy atom. The van der Waals surface area contributed by atoms with Crippen LogP contribution in [0.4, 0.5) is 27.7 Å². The fourth-order valence-electron chi connectivity index (χ4n) is 4.62. The fourth-order valence-corrected chi connectivity index (χ4v) is 4.62. The smallest absolute Gasteiger partial charge is 0.410 e. The average molecular weight is 511 g/mol. The number of piperidine rings is 1. The van der Waals surface area contributed by atoms with E-state index >= 15 is 0 Å². The van der Waals surface area contributed by atoms with Gasteiger partial charge in [-0.3, -0.25) is 4.79 Å². The van der Waals surface area contributed by atoms with Crippen molar-refractivity contribution in [3.63, 3.8) is 0 Å². The Bertz CT molecular complexity index is 1100. The van der Waals surface area contributed by atoms with Crippen molar-refractivity contribution in [2.75, 3.05) is 54.9 Å². The van der Waals surface area contributed by atoms with E-state index in [-0.39, 0.29) is 18.1 Å². The van der Waals surface area contributed by atoms with Crippen LogP contribution in [-0.2, 0) is 9.47 Å². The molecule has 2 atom stereocenters. The molecule has 10 heteroatoms. The van der Waals surface area contributed by atoms with Crippen molar-refractivity contribution in [2.24, 2.45) is 11.7 Å². The van der Waals surface area contributed by atoms with Crippen LogP contribution in [0.5, 0.6) is 0 Å². The number of amides is 2. The van der Waals surface area contributed by atoms with Crippen LogP contribution < -0.4 is 21.3 Å². The second-order valence-corrected chi connectivity index (χ2v) is 10.7. The molecule has 0 saturated carbocycles. The second kappa shape index (κ2) is 11.2. The SMILES string of the molecule is C[C@H]1CN(C(=O)OC(C)(C)C)CC[C@H]1Nc1cc(Nc2ccc(N3CCOCC3)cc2)ncc1C(N)=O. The number of primary amides is 1. The summed E-state index contributed by atoms with van der Waals surface area (Å²) in [6.45, 7) is 12.0. The molecular weight excluding hydrogens is 472 g/mol. The largest absolute Gasteiger partial charge is 0.444 e. The summed E-state index contributed by atoms with van der Waals surface area (Å²) in [5.74, 6) is 0.194. The Balaban J connectivity index is 1.42. The molecule has 4 N–H and O–H groups in total. The molecule has 0 bridgehead atoms. The van der Waals surface area contributed by atoms with Crippen molar-refractivity contribution in [1.29, 1.82) is 0 Å². The number of nitrogens with two attached hydrogens (primary N) is 1. The highest BCUT2D eigenvalue weighted by Crippen LogP contribution is 2.28. The molecule has 3 heterocycles. The van der Waals surface area contributed by atoms with Crippen molar-refractivity contribution in [3.05, 3.63) is 42.1 Å². The zero-order chi connectivity index (χ0) is 26.6. The number of carbonyl (C=O) groups excluding carboxylic acids is 2. The van der Waals surface area contributed by atoms with Gasteiger partial charge in [0.05, 0.1) is 24.5 Å². The molecule has 1 aromatic heterocycles. The molecule has 0 spiro atoms. The van der Waals surface area contributed by atoms with Crippen LogP contribution in [-0.4, -0.2) is 72.9 Å². The average Bonchev–Trinajstić information content (AvgIpc) is 2.85. The van der Waals surface area contributed by atoms with E-state index in [0.717, 1.165) is 37.7 Å². The lowest BCUT2D eigenvalue weighted by atomic mass is 9.93. The molecule has 2 aliphatic heterocycles. The summed E-state index contributed by atoms with van der Waals surface area (Å²) in [6, 6.07) is 10.0. The first kappa shape index (κ1) is 26.5. The number of hydrogen-bond acceptors (Lipinski definition) is 8. The first-order chi connectivity index (χ1) is 17.6. The molecule has 2 saturated heterocycles. The maximum atomic E-state index is 12.5. The summed E-state index contributed by atoms with van der Waals surface area (Å²) < 4.78 is 11.0. The van der Waals surface area contributed by atoms with Gasteiger partial charge in [-0.2, -0.15) is 0 Å². The van der Waals surface area contributed by atoms with E-state index < -0.39 is 11.5 Å². The number of carbonyl (C=O) groups is 2. The normalized spacial score (nSPS) is 20.3. The van der Waals surface area contributed by atoms with Crippen molar-refractivity contribution >= 4 is 34.9 Å². The predicted octanol–water partition coefficient (Wildman–Crippen LogP) is 3.82. The van der Waals surface area contributed by atoms with Crippen LogP contribution in [0.25, 0.3) is 0 Å². The third-order valence-electron chi connectivity index (χ3n) is 6.58. The minimum absolute atomic E-state index is 0.0554. The maximum Gasteiger partial charge on any atom is 0.410 e. The van der Waals surface area contributed by atoms with Gasteiger partial charge in [-0.15, -0.1) is 0 Å². The number of likely N-dealkylation sites (tertiary alicyclic amines) is 1. The van der Waals surface area contributed by atoms with E-state index in [9.17, 15) is 9.59 Å². The van der Waals surface area contributed by atoms with Gasteiger partial charge in [0.15, 0.2) is 0 Å². The molecule has 10 nitrogen and oxygen atoms in total. The lowest BCUT2D eigenvalue weighted by Gasteiger charge is -2.38. The summed E-state index contributed by atoms with van der Waals surface area (Å²) >= 11 is 0. The van der Waals surface area contributed by atoms with Gasteiger partial charge in [-0.1, -0.05) is 6.92 Å². The summed E-state index contributed by atoms with van der Waals surface area (Å²) in [7, 11) is 0. The van der Waals surface area contributed by atoms with Crippen LogP contribution in [0.1, 0.15) is 44.5 Å². The Labute approximate surface area is 218 Å². The maximum absolute atomic E-state index is 12.5. The number of hydrogen-bond donors (Lipinski definition) is 3. The Kier molecular flexibility index (Phi) is 8.06. The molecule has 200 valence electrons. The molecule has 2 aromatic rings. The number of morpholine rings is 1. The van der Waals surface area contributed by atoms with Gasteiger partial charge >= 0.3 is 6.09 Å². The van der Waals surface area contributed by atoms with Gasteiger partial charge in [0.25, 0.3) is 5.91 Å². The molecule has 2 fully saturated rings. The van der Waals surface area contributed by atoms with Gasteiger partial charge in [0.2, 0.25) is 0 Å². The van der Waals surface area contributed by atoms with E-state index in [4.69, 9.17) is 15.2 Å². The van der Waals surface area contributed by atoms with Crippen molar-refractivity contribution in [3.8, 4) is 0 Å². The summed E-state index contributed by atoms with van der Waals surface area (Å²) in [5, 5.41) is 6.81. The van der Waals surface area contributed by atoms with Gasteiger partial charge in [-0.05, 0) is 57.4 Å². The Morgan fingerprint density at radius 1 is 1.14 bits per heavy atom. The fraction of sp³-hybridized carbons (Fsp3) is 0.519. The molecule has 0 unspecified atom stereocenters. The number of anilines is 4. The van der Waals surface area contributed by atoms with Crippen LogP contribution in [0.3, 0.4) is 0 Å². The standard InChI is InChI=1S/C27H38N6O4/c1-18-17-33(26(35)37-27(2,3)4)10-9-22(18)31-23-15-24(29-16-21(23)25(28)34)30-19-5-7-20(8-6-19)32-11-13-36-14-12-32/h5-8,15-16,18,22H,9-14,17H2,1-4H3,(H2,28,34)(H2,29,30,31)/t18-,22+/m0/s1. The molecule has 0 aliphatic carbocycles. The van der Waals surface area contributed by atoms with Gasteiger partial charge < -0.3 is 35.6 Å². The monoisotopic (exact) mass is 510 g/mol. The third-order valence-corrected chi connectivity index (χ3v) is 6.58. The quantitative estimate of drug-likeness (QED) is 0.536. The topological polar surface area (TPSA) is 122 Å². The summed E-state index contributed by atoms with van der Waals surface area (Å²) in [6.07, 6.45) is 1.91. The highest BCUT2D eigenvalue weighted by Gasteiger charge is 2.31. The zero-order valence-electron chi connectivity index (χ0n) is 22.1. The van der Waals surface area contributed by atoms with Crippen molar-refractivity contribution < 1.29 is 19.1 Å². The lowest BCUT2D eigenvalue weighted by molar-refractivity contribution is 0.0165. The number of nitrogens with zero attached hydrogens (tertiary/aromatic N) is 3. The number of ether oxygens (including phenoxy) is 2. The molecule has 4 rings (SSSR count). The van der Waals surface area contributed by atoms with E-state index in [2.05, 4.69) is 39.6 Å². The molecule has 2 amide bonds. The van der Waals surface area contributed by atoms with Gasteiger partial charge in [-0.25, -0.2) is 9.78 Å². The third kappa shape index (κ3) is 7.03. The highest BCUT2D eigenvalue weighted by atomic mass is 16.6. The first-order valence-corrected chi connectivity index (χ1v) is 12.8. The predicted molar refractivity (Wildman–Crippen MR) is 145 cm³/mol. The number of nitrogens with one attached hydrogen (secondary N) is 2. The molecule has 2 aliphatic rings. The van der Waals surface area contributed by atoms with Gasteiger partial charge in [0.1, 0.15) is 11.4 Å². The van der Waals surface area contributed by atoms with E-state index in [1.807, 2.05) is 39.0 Å². The molecule has 0 radical (unpaired) electrons. The number of benzene rings is 1. The second-order valence-electron chi connectivity index (χ2n) is 10.7. The Hall–Kier alpha value is -3.53. The number of aromatic nitrogens is 1. The van der Waals surface area contributed by atoms with Crippen molar-refractivity contribution in [1.82, 2.24) is 9.88 Å². The van der Waals surface area contributed by atoms with Crippen LogP contribution in [0.15, 0.2) is 36.5 Å². The first-order valence-electron chi connectivity index (χ1n) is 12.8. The summed E-state index contributed by atoms with van der Waals surface area (Å²) in [5.41, 5.74) is 8.10. The Morgan fingerprint density at radius 2 is 1.84 bits per heavy atom. The zero-order valence-corrected chi connectivity index (χ0v) is 22.1. The van der Waals surface area contributed by atoms with Crippen LogP contribution in [0.2, 0.25) is 0 Å².